The van der Waals surface area contributed by atoms with Crippen LogP contribution < -0.4 is 10.0 Å². The molecule has 2 rings (SSSR count). The van der Waals surface area contributed by atoms with Crippen LogP contribution >= 0.6 is 0 Å². The lowest BCUT2D eigenvalue weighted by Gasteiger charge is -2.18. The van der Waals surface area contributed by atoms with Crippen molar-refractivity contribution in [3.05, 3.63) is 29.8 Å². The molecule has 0 radical (unpaired) electrons. The van der Waals surface area contributed by atoms with E-state index in [4.69, 9.17) is 0 Å². The number of carbonyl (C=O) groups excluding carboxylic acids is 1. The highest BCUT2D eigenvalue weighted by Crippen LogP contribution is 2.09. The van der Waals surface area contributed by atoms with Gasteiger partial charge in [-0.05, 0) is 51.9 Å². The Morgan fingerprint density at radius 1 is 1.22 bits per heavy atom. The van der Waals surface area contributed by atoms with Crippen molar-refractivity contribution < 1.29 is 13.2 Å². The summed E-state index contributed by atoms with van der Waals surface area (Å²) in [6.07, 6.45) is 2.28. The van der Waals surface area contributed by atoms with Crippen LogP contribution in [0.3, 0.4) is 0 Å². The van der Waals surface area contributed by atoms with Crippen molar-refractivity contribution in [2.75, 3.05) is 26.2 Å². The van der Waals surface area contributed by atoms with Crippen LogP contribution in [-0.4, -0.2) is 51.4 Å². The van der Waals surface area contributed by atoms with Gasteiger partial charge in [-0.2, -0.15) is 0 Å². The van der Waals surface area contributed by atoms with E-state index in [0.29, 0.717) is 6.54 Å². The predicted molar refractivity (Wildman–Crippen MR) is 89.6 cm³/mol. The number of aryl methyl sites for hydroxylation is 1. The largest absolute Gasteiger partial charge is 0.351 e. The van der Waals surface area contributed by atoms with Gasteiger partial charge in [0.25, 0.3) is 0 Å². The van der Waals surface area contributed by atoms with Crippen molar-refractivity contribution in [2.24, 2.45) is 0 Å². The second-order valence-corrected chi connectivity index (χ2v) is 7.88. The molecule has 7 heteroatoms. The van der Waals surface area contributed by atoms with Gasteiger partial charge < -0.3 is 5.32 Å². The zero-order valence-electron chi connectivity index (χ0n) is 13.7. The molecule has 2 N–H and O–H groups in total. The Balaban J connectivity index is 1.79. The molecule has 6 nitrogen and oxygen atoms in total. The van der Waals surface area contributed by atoms with Crippen molar-refractivity contribution in [3.8, 4) is 0 Å². The monoisotopic (exact) mass is 339 g/mol. The van der Waals surface area contributed by atoms with E-state index in [1.54, 1.807) is 31.2 Å². The molecule has 0 spiro atoms. The van der Waals surface area contributed by atoms with Crippen molar-refractivity contribution >= 4 is 15.9 Å². The topological polar surface area (TPSA) is 78.5 Å². The summed E-state index contributed by atoms with van der Waals surface area (Å²) in [7, 11) is -3.54. The van der Waals surface area contributed by atoms with Gasteiger partial charge in [0.2, 0.25) is 15.9 Å². The van der Waals surface area contributed by atoms with E-state index in [-0.39, 0.29) is 23.4 Å². The summed E-state index contributed by atoms with van der Waals surface area (Å²) in [6, 6.07) is 6.42. The first-order valence-electron chi connectivity index (χ1n) is 7.95. The summed E-state index contributed by atoms with van der Waals surface area (Å²) in [4.78, 5) is 14.3. The summed E-state index contributed by atoms with van der Waals surface area (Å²) in [5.74, 6) is -0.0612. The Kier molecular flexibility index (Phi) is 6.15. The molecule has 128 valence electrons. The van der Waals surface area contributed by atoms with Crippen LogP contribution in [-0.2, 0) is 14.8 Å². The highest BCUT2D eigenvalue weighted by Gasteiger charge is 2.18. The minimum absolute atomic E-state index is 0.0612. The SMILES string of the molecule is Cc1ccc(S(=O)(=O)NC[C@H](C)NC(=O)CN2CCCC2)cc1. The lowest BCUT2D eigenvalue weighted by atomic mass is 10.2. The van der Waals surface area contributed by atoms with Gasteiger partial charge in [0.1, 0.15) is 0 Å². The summed E-state index contributed by atoms with van der Waals surface area (Å²) in [5, 5.41) is 2.83. The van der Waals surface area contributed by atoms with E-state index >= 15 is 0 Å². The van der Waals surface area contributed by atoms with E-state index in [0.717, 1.165) is 31.5 Å². The van der Waals surface area contributed by atoms with Gasteiger partial charge >= 0.3 is 0 Å². The number of amides is 1. The van der Waals surface area contributed by atoms with Crippen LogP contribution in [0.5, 0.6) is 0 Å². The number of benzene rings is 1. The first-order chi connectivity index (χ1) is 10.9. The number of carbonyl (C=O) groups is 1. The van der Waals surface area contributed by atoms with Crippen LogP contribution in [0.4, 0.5) is 0 Å². The highest BCUT2D eigenvalue weighted by molar-refractivity contribution is 7.89. The molecule has 1 fully saturated rings. The third kappa shape index (κ3) is 5.60. The molecule has 0 saturated carbocycles. The average Bonchev–Trinajstić information content (AvgIpc) is 2.98. The third-order valence-corrected chi connectivity index (χ3v) is 5.32. The molecule has 1 aromatic rings. The van der Waals surface area contributed by atoms with Gasteiger partial charge in [0.05, 0.1) is 11.4 Å². The molecule has 1 aliphatic rings. The van der Waals surface area contributed by atoms with E-state index in [9.17, 15) is 13.2 Å². The Hall–Kier alpha value is -1.44. The van der Waals surface area contributed by atoms with E-state index in [2.05, 4.69) is 14.9 Å². The Morgan fingerprint density at radius 3 is 2.43 bits per heavy atom. The fourth-order valence-electron chi connectivity index (χ4n) is 2.55. The Labute approximate surface area is 138 Å². The number of hydrogen-bond acceptors (Lipinski definition) is 4. The van der Waals surface area contributed by atoms with Crippen LogP contribution in [0.15, 0.2) is 29.2 Å². The minimum atomic E-state index is -3.54. The van der Waals surface area contributed by atoms with Crippen LogP contribution in [0.1, 0.15) is 25.3 Å². The molecule has 1 amide bonds. The molecule has 23 heavy (non-hydrogen) atoms. The van der Waals surface area contributed by atoms with Gasteiger partial charge in [0.15, 0.2) is 0 Å². The number of rotatable bonds is 7. The first kappa shape index (κ1) is 17.9. The molecule has 1 atom stereocenters. The minimum Gasteiger partial charge on any atom is -0.351 e. The maximum atomic E-state index is 12.2. The van der Waals surface area contributed by atoms with E-state index < -0.39 is 10.0 Å². The summed E-state index contributed by atoms with van der Waals surface area (Å²) < 4.78 is 26.9. The van der Waals surface area contributed by atoms with Gasteiger partial charge in [-0.1, -0.05) is 17.7 Å². The van der Waals surface area contributed by atoms with Crippen molar-refractivity contribution in [2.45, 2.75) is 37.6 Å². The van der Waals surface area contributed by atoms with Gasteiger partial charge in [-0.3, -0.25) is 9.69 Å². The predicted octanol–water partition coefficient (Wildman–Crippen LogP) is 0.874. The molecular weight excluding hydrogens is 314 g/mol. The van der Waals surface area contributed by atoms with Gasteiger partial charge in [0, 0.05) is 12.6 Å². The van der Waals surface area contributed by atoms with Gasteiger partial charge in [-0.25, -0.2) is 13.1 Å². The van der Waals surface area contributed by atoms with Crippen molar-refractivity contribution in [3.63, 3.8) is 0 Å². The average molecular weight is 339 g/mol. The highest BCUT2D eigenvalue weighted by atomic mass is 32.2. The summed E-state index contributed by atoms with van der Waals surface area (Å²) in [6.45, 7) is 6.17. The van der Waals surface area contributed by atoms with E-state index in [1.807, 2.05) is 6.92 Å². The van der Waals surface area contributed by atoms with Crippen LogP contribution in [0, 0.1) is 6.92 Å². The summed E-state index contributed by atoms with van der Waals surface area (Å²) in [5.41, 5.74) is 1.01. The second-order valence-electron chi connectivity index (χ2n) is 6.12. The fourth-order valence-corrected chi connectivity index (χ4v) is 3.68. The molecule has 1 aromatic carbocycles. The number of hydrogen-bond donors (Lipinski definition) is 2. The van der Waals surface area contributed by atoms with Gasteiger partial charge in [-0.15, -0.1) is 0 Å². The normalized spacial score (nSPS) is 17.1. The zero-order chi connectivity index (χ0) is 16.9. The number of sulfonamides is 1. The lowest BCUT2D eigenvalue weighted by Crippen LogP contribution is -2.45. The molecule has 0 bridgehead atoms. The first-order valence-corrected chi connectivity index (χ1v) is 9.43. The molecule has 0 aliphatic carbocycles. The lowest BCUT2D eigenvalue weighted by molar-refractivity contribution is -0.122. The van der Waals surface area contributed by atoms with Crippen LogP contribution in [0.2, 0.25) is 0 Å². The second kappa shape index (κ2) is 7.90. The smallest absolute Gasteiger partial charge is 0.240 e. The molecule has 0 aromatic heterocycles. The number of likely N-dealkylation sites (tertiary alicyclic amines) is 1. The quantitative estimate of drug-likeness (QED) is 0.773. The fraction of sp³-hybridized carbons (Fsp3) is 0.562. The molecular formula is C16H25N3O3S. The molecule has 1 aliphatic heterocycles. The molecule has 1 saturated heterocycles. The van der Waals surface area contributed by atoms with Crippen molar-refractivity contribution in [1.29, 1.82) is 0 Å². The summed E-state index contributed by atoms with van der Waals surface area (Å²) >= 11 is 0. The zero-order valence-corrected chi connectivity index (χ0v) is 14.5. The maximum absolute atomic E-state index is 12.2. The maximum Gasteiger partial charge on any atom is 0.240 e. The number of nitrogens with one attached hydrogen (secondary N) is 2. The molecule has 1 heterocycles. The Bertz CT molecular complexity index is 622. The van der Waals surface area contributed by atoms with E-state index in [1.165, 1.54) is 0 Å². The molecule has 0 unspecified atom stereocenters. The third-order valence-electron chi connectivity index (χ3n) is 3.88. The number of nitrogens with zero attached hydrogens (tertiary/aromatic N) is 1. The Morgan fingerprint density at radius 2 is 1.83 bits per heavy atom. The standard InChI is InChI=1S/C16H25N3O3S/c1-13-5-7-15(8-6-13)23(21,22)17-11-14(2)18-16(20)12-19-9-3-4-10-19/h5-8,14,17H,3-4,9-12H2,1-2H3,(H,18,20)/t14-/m0/s1. The van der Waals surface area contributed by atoms with Crippen molar-refractivity contribution in [1.82, 2.24) is 14.9 Å². The van der Waals surface area contributed by atoms with Crippen LogP contribution in [0.25, 0.3) is 0 Å².